The van der Waals surface area contributed by atoms with Gasteiger partial charge in [-0.1, -0.05) is 26.7 Å². The number of carboxylic acids is 1. The van der Waals surface area contributed by atoms with Gasteiger partial charge < -0.3 is 10.0 Å². The molecular formula is C17H25NO2. The molecule has 1 fully saturated rings. The van der Waals surface area contributed by atoms with Crippen LogP contribution >= 0.6 is 0 Å². The van der Waals surface area contributed by atoms with E-state index in [-0.39, 0.29) is 0 Å². The smallest absolute Gasteiger partial charge is 0.335 e. The van der Waals surface area contributed by atoms with Crippen molar-refractivity contribution in [1.82, 2.24) is 0 Å². The molecule has 2 rings (SSSR count). The van der Waals surface area contributed by atoms with Crippen molar-refractivity contribution in [2.45, 2.75) is 46.5 Å². The molecule has 0 atom stereocenters. The van der Waals surface area contributed by atoms with Crippen LogP contribution in [-0.2, 0) is 0 Å². The third-order valence-electron chi connectivity index (χ3n) is 5.13. The first-order valence-corrected chi connectivity index (χ1v) is 7.60. The summed E-state index contributed by atoms with van der Waals surface area (Å²) in [6, 6.07) is 5.68. The highest BCUT2D eigenvalue weighted by Crippen LogP contribution is 2.39. The minimum atomic E-state index is -0.844. The summed E-state index contributed by atoms with van der Waals surface area (Å²) in [4.78, 5) is 13.4. The minimum Gasteiger partial charge on any atom is -0.478 e. The van der Waals surface area contributed by atoms with Gasteiger partial charge in [-0.3, -0.25) is 0 Å². The lowest BCUT2D eigenvalue weighted by Crippen LogP contribution is -2.39. The van der Waals surface area contributed by atoms with Gasteiger partial charge in [-0.2, -0.15) is 0 Å². The maximum absolute atomic E-state index is 11.1. The van der Waals surface area contributed by atoms with Gasteiger partial charge in [-0.25, -0.2) is 4.79 Å². The zero-order valence-electron chi connectivity index (χ0n) is 12.8. The second-order valence-corrected chi connectivity index (χ2v) is 6.00. The van der Waals surface area contributed by atoms with E-state index >= 15 is 0 Å². The average Bonchev–Trinajstić information content (AvgIpc) is 2.47. The summed E-state index contributed by atoms with van der Waals surface area (Å²) >= 11 is 0. The van der Waals surface area contributed by atoms with Gasteiger partial charge in [0.2, 0.25) is 0 Å². The van der Waals surface area contributed by atoms with E-state index in [0.717, 1.165) is 24.3 Å². The summed E-state index contributed by atoms with van der Waals surface area (Å²) < 4.78 is 0. The van der Waals surface area contributed by atoms with Gasteiger partial charge in [0.15, 0.2) is 0 Å². The van der Waals surface area contributed by atoms with Gasteiger partial charge in [0.05, 0.1) is 5.56 Å². The number of anilines is 1. The number of aromatic carboxylic acids is 1. The normalized spacial score (nSPS) is 18.1. The van der Waals surface area contributed by atoms with Crippen molar-refractivity contribution in [2.24, 2.45) is 5.41 Å². The Morgan fingerprint density at radius 3 is 2.30 bits per heavy atom. The first-order chi connectivity index (χ1) is 9.51. The zero-order valence-corrected chi connectivity index (χ0v) is 12.8. The third-order valence-corrected chi connectivity index (χ3v) is 5.13. The highest BCUT2D eigenvalue weighted by Gasteiger charge is 2.31. The molecular weight excluding hydrogens is 250 g/mol. The quantitative estimate of drug-likeness (QED) is 0.899. The van der Waals surface area contributed by atoms with Gasteiger partial charge in [0.25, 0.3) is 0 Å². The topological polar surface area (TPSA) is 40.5 Å². The van der Waals surface area contributed by atoms with E-state index in [9.17, 15) is 4.79 Å². The molecule has 3 heteroatoms. The van der Waals surface area contributed by atoms with Crippen LogP contribution in [0.4, 0.5) is 5.69 Å². The first kappa shape index (κ1) is 14.9. The molecule has 0 radical (unpaired) electrons. The van der Waals surface area contributed by atoms with Crippen molar-refractivity contribution < 1.29 is 9.90 Å². The van der Waals surface area contributed by atoms with Crippen molar-refractivity contribution in [1.29, 1.82) is 0 Å². The van der Waals surface area contributed by atoms with Crippen LogP contribution in [0.25, 0.3) is 0 Å². The van der Waals surface area contributed by atoms with E-state index < -0.39 is 5.97 Å². The second-order valence-electron chi connectivity index (χ2n) is 6.00. The Morgan fingerprint density at radius 2 is 1.85 bits per heavy atom. The Kier molecular flexibility index (Phi) is 4.36. The molecule has 1 aromatic rings. The van der Waals surface area contributed by atoms with E-state index in [1.54, 1.807) is 6.07 Å². The van der Waals surface area contributed by atoms with Crippen LogP contribution < -0.4 is 4.90 Å². The molecule has 3 nitrogen and oxygen atoms in total. The predicted octanol–water partition coefficient (Wildman–Crippen LogP) is 4.10. The molecule has 1 saturated heterocycles. The van der Waals surface area contributed by atoms with E-state index in [1.807, 2.05) is 19.1 Å². The second kappa shape index (κ2) is 5.86. The van der Waals surface area contributed by atoms with Crippen LogP contribution in [0, 0.1) is 12.3 Å². The van der Waals surface area contributed by atoms with Gasteiger partial charge in [0, 0.05) is 18.8 Å². The molecule has 1 N–H and O–H groups in total. The highest BCUT2D eigenvalue weighted by molar-refractivity contribution is 5.89. The summed E-state index contributed by atoms with van der Waals surface area (Å²) in [7, 11) is 0. The summed E-state index contributed by atoms with van der Waals surface area (Å²) in [6.45, 7) is 8.62. The van der Waals surface area contributed by atoms with Crippen LogP contribution in [0.1, 0.15) is 55.5 Å². The van der Waals surface area contributed by atoms with Crippen molar-refractivity contribution in [3.63, 3.8) is 0 Å². The minimum absolute atomic E-state index is 0.405. The number of hydrogen-bond acceptors (Lipinski definition) is 2. The van der Waals surface area contributed by atoms with Crippen molar-refractivity contribution in [3.05, 3.63) is 29.3 Å². The maximum atomic E-state index is 11.1. The molecule has 0 unspecified atom stereocenters. The Hall–Kier alpha value is -1.51. The molecule has 0 spiro atoms. The fraction of sp³-hybridized carbons (Fsp3) is 0.588. The van der Waals surface area contributed by atoms with Gasteiger partial charge in [0.1, 0.15) is 0 Å². The standard InChI is InChI=1S/C17H25NO2/c1-4-17(5-2)8-10-18(11-9-17)14-6-7-15(16(19)20)13(3)12-14/h6-7,12H,4-5,8-11H2,1-3H3,(H,19,20). The van der Waals surface area contributed by atoms with E-state index in [2.05, 4.69) is 18.7 Å². The number of aryl methyl sites for hydroxylation is 1. The largest absolute Gasteiger partial charge is 0.478 e. The van der Waals surface area contributed by atoms with Crippen LogP contribution in [0.5, 0.6) is 0 Å². The van der Waals surface area contributed by atoms with E-state index in [0.29, 0.717) is 11.0 Å². The van der Waals surface area contributed by atoms with Gasteiger partial charge in [-0.05, 0) is 48.9 Å². The number of rotatable bonds is 4. The van der Waals surface area contributed by atoms with Crippen LogP contribution in [0.15, 0.2) is 18.2 Å². The Balaban J connectivity index is 2.11. The molecule has 0 aromatic heterocycles. The lowest BCUT2D eigenvalue weighted by atomic mass is 9.74. The van der Waals surface area contributed by atoms with E-state index in [4.69, 9.17) is 5.11 Å². The average molecular weight is 275 g/mol. The fourth-order valence-electron chi connectivity index (χ4n) is 3.28. The Morgan fingerprint density at radius 1 is 1.25 bits per heavy atom. The lowest BCUT2D eigenvalue weighted by molar-refractivity contribution is 0.0696. The molecule has 110 valence electrons. The zero-order chi connectivity index (χ0) is 14.8. The summed E-state index contributed by atoms with van der Waals surface area (Å²) in [5.41, 5.74) is 2.93. The number of piperidine rings is 1. The maximum Gasteiger partial charge on any atom is 0.335 e. The number of nitrogens with zero attached hydrogens (tertiary/aromatic N) is 1. The first-order valence-electron chi connectivity index (χ1n) is 7.60. The molecule has 0 amide bonds. The SMILES string of the molecule is CCC1(CC)CCN(c2ccc(C(=O)O)c(C)c2)CC1. The number of carbonyl (C=O) groups is 1. The predicted molar refractivity (Wildman–Crippen MR) is 82.6 cm³/mol. The number of benzene rings is 1. The molecule has 20 heavy (non-hydrogen) atoms. The summed E-state index contributed by atoms with van der Waals surface area (Å²) in [5.74, 6) is -0.844. The fourth-order valence-corrected chi connectivity index (χ4v) is 3.28. The van der Waals surface area contributed by atoms with Crippen LogP contribution in [0.2, 0.25) is 0 Å². The molecule has 1 heterocycles. The van der Waals surface area contributed by atoms with Crippen LogP contribution in [-0.4, -0.2) is 24.2 Å². The number of carboxylic acid groups (broad SMARTS) is 1. The summed E-state index contributed by atoms with van der Waals surface area (Å²) in [6.07, 6.45) is 4.99. The lowest BCUT2D eigenvalue weighted by Gasteiger charge is -2.42. The Labute approximate surface area is 121 Å². The third kappa shape index (κ3) is 2.82. The monoisotopic (exact) mass is 275 g/mol. The van der Waals surface area contributed by atoms with Crippen molar-refractivity contribution in [2.75, 3.05) is 18.0 Å². The van der Waals surface area contributed by atoms with E-state index in [1.165, 1.54) is 25.7 Å². The molecule has 0 saturated carbocycles. The van der Waals surface area contributed by atoms with Crippen molar-refractivity contribution in [3.8, 4) is 0 Å². The Bertz CT molecular complexity index is 482. The molecule has 0 bridgehead atoms. The highest BCUT2D eigenvalue weighted by atomic mass is 16.4. The molecule has 1 aromatic carbocycles. The van der Waals surface area contributed by atoms with Crippen molar-refractivity contribution >= 4 is 11.7 Å². The molecule has 1 aliphatic rings. The summed E-state index contributed by atoms with van der Waals surface area (Å²) in [5, 5.41) is 9.09. The number of hydrogen-bond donors (Lipinski definition) is 1. The van der Waals surface area contributed by atoms with Crippen LogP contribution in [0.3, 0.4) is 0 Å². The van der Waals surface area contributed by atoms with Gasteiger partial charge in [-0.15, -0.1) is 0 Å². The molecule has 0 aliphatic carbocycles. The van der Waals surface area contributed by atoms with Gasteiger partial charge >= 0.3 is 5.97 Å². The molecule has 1 aliphatic heterocycles.